The summed E-state index contributed by atoms with van der Waals surface area (Å²) in [6, 6.07) is 11.3. The normalized spacial score (nSPS) is 10.8. The van der Waals surface area contributed by atoms with Crippen LogP contribution in [0, 0.1) is 6.92 Å². The first-order chi connectivity index (χ1) is 9.54. The van der Waals surface area contributed by atoms with Gasteiger partial charge in [0, 0.05) is 22.7 Å². The lowest BCUT2D eigenvalue weighted by atomic mass is 10.1. The number of aromatic nitrogens is 1. The number of carbonyl (C=O) groups is 1. The first-order valence-electron chi connectivity index (χ1n) is 6.14. The Bertz CT molecular complexity index is 665. The Kier molecular flexibility index (Phi) is 4.69. The summed E-state index contributed by atoms with van der Waals surface area (Å²) in [6.45, 7) is 3.33. The van der Waals surface area contributed by atoms with Gasteiger partial charge in [-0.1, -0.05) is 22.0 Å². The van der Waals surface area contributed by atoms with Gasteiger partial charge < -0.3 is 4.74 Å². The van der Waals surface area contributed by atoms with Crippen molar-refractivity contribution in [2.24, 2.45) is 0 Å². The topological polar surface area (TPSA) is 39.2 Å². The van der Waals surface area contributed by atoms with E-state index >= 15 is 0 Å². The van der Waals surface area contributed by atoms with E-state index in [2.05, 4.69) is 20.9 Å². The standard InChI is InChI=1S/C16H14BrNO2/c1-11-4-3-5-15(18-11)8-6-13-10-14(17)7-9-16(13)20-12(2)19/h3-10H,1-2H3/b8-6+. The molecule has 102 valence electrons. The van der Waals surface area contributed by atoms with E-state index in [0.29, 0.717) is 5.75 Å². The number of benzene rings is 1. The quantitative estimate of drug-likeness (QED) is 0.623. The van der Waals surface area contributed by atoms with Gasteiger partial charge in [-0.05, 0) is 49.4 Å². The number of hydrogen-bond acceptors (Lipinski definition) is 3. The monoisotopic (exact) mass is 331 g/mol. The van der Waals surface area contributed by atoms with Crippen LogP contribution in [0.4, 0.5) is 0 Å². The van der Waals surface area contributed by atoms with Gasteiger partial charge >= 0.3 is 5.97 Å². The van der Waals surface area contributed by atoms with E-state index in [1.54, 1.807) is 6.07 Å². The van der Waals surface area contributed by atoms with E-state index < -0.39 is 0 Å². The van der Waals surface area contributed by atoms with Crippen molar-refractivity contribution in [3.63, 3.8) is 0 Å². The van der Waals surface area contributed by atoms with Gasteiger partial charge in [-0.25, -0.2) is 0 Å². The molecule has 0 spiro atoms. The second kappa shape index (κ2) is 6.48. The van der Waals surface area contributed by atoms with Gasteiger partial charge in [0.05, 0.1) is 5.69 Å². The highest BCUT2D eigenvalue weighted by Gasteiger charge is 2.04. The van der Waals surface area contributed by atoms with E-state index in [9.17, 15) is 4.79 Å². The van der Waals surface area contributed by atoms with Crippen LogP contribution < -0.4 is 4.74 Å². The Morgan fingerprint density at radius 3 is 2.75 bits per heavy atom. The van der Waals surface area contributed by atoms with Crippen LogP contribution in [0.2, 0.25) is 0 Å². The Balaban J connectivity index is 2.32. The predicted octanol–water partition coefficient (Wildman–Crippen LogP) is 4.25. The number of pyridine rings is 1. The maximum Gasteiger partial charge on any atom is 0.308 e. The van der Waals surface area contributed by atoms with Gasteiger partial charge in [0.1, 0.15) is 5.75 Å². The van der Waals surface area contributed by atoms with Gasteiger partial charge in [0.25, 0.3) is 0 Å². The van der Waals surface area contributed by atoms with Crippen molar-refractivity contribution in [3.8, 4) is 5.75 Å². The molecule has 0 N–H and O–H groups in total. The van der Waals surface area contributed by atoms with Crippen LogP contribution in [0.25, 0.3) is 12.2 Å². The fourth-order valence-corrected chi connectivity index (χ4v) is 2.11. The first kappa shape index (κ1) is 14.5. The molecule has 1 heterocycles. The largest absolute Gasteiger partial charge is 0.426 e. The lowest BCUT2D eigenvalue weighted by Gasteiger charge is -2.06. The molecular weight excluding hydrogens is 318 g/mol. The first-order valence-corrected chi connectivity index (χ1v) is 6.93. The predicted molar refractivity (Wildman–Crippen MR) is 83.4 cm³/mol. The lowest BCUT2D eigenvalue weighted by molar-refractivity contribution is -0.131. The number of rotatable bonds is 3. The molecule has 0 saturated carbocycles. The third-order valence-electron chi connectivity index (χ3n) is 2.57. The van der Waals surface area contributed by atoms with Crippen molar-refractivity contribution in [1.82, 2.24) is 4.98 Å². The molecule has 4 heteroatoms. The summed E-state index contributed by atoms with van der Waals surface area (Å²) in [7, 11) is 0. The van der Waals surface area contributed by atoms with Crippen molar-refractivity contribution in [1.29, 1.82) is 0 Å². The highest BCUT2D eigenvalue weighted by Crippen LogP contribution is 2.25. The molecule has 0 bridgehead atoms. The summed E-state index contributed by atoms with van der Waals surface area (Å²) >= 11 is 3.41. The van der Waals surface area contributed by atoms with Crippen molar-refractivity contribution in [2.45, 2.75) is 13.8 Å². The van der Waals surface area contributed by atoms with Crippen LogP contribution >= 0.6 is 15.9 Å². The smallest absolute Gasteiger partial charge is 0.308 e. The van der Waals surface area contributed by atoms with Crippen LogP contribution in [0.1, 0.15) is 23.9 Å². The molecule has 0 aliphatic heterocycles. The Labute approximate surface area is 126 Å². The number of ether oxygens (including phenoxy) is 1. The average Bonchev–Trinajstić information content (AvgIpc) is 2.39. The van der Waals surface area contributed by atoms with E-state index in [1.165, 1.54) is 6.92 Å². The minimum Gasteiger partial charge on any atom is -0.426 e. The summed E-state index contributed by atoms with van der Waals surface area (Å²) in [6.07, 6.45) is 3.77. The van der Waals surface area contributed by atoms with Crippen LogP contribution in [0.15, 0.2) is 40.9 Å². The van der Waals surface area contributed by atoms with Crippen LogP contribution in [0.5, 0.6) is 5.75 Å². The number of aryl methyl sites for hydroxylation is 1. The van der Waals surface area contributed by atoms with Crippen LogP contribution in [0.3, 0.4) is 0 Å². The van der Waals surface area contributed by atoms with Crippen molar-refractivity contribution < 1.29 is 9.53 Å². The number of hydrogen-bond donors (Lipinski definition) is 0. The third kappa shape index (κ3) is 4.03. The fourth-order valence-electron chi connectivity index (χ4n) is 1.73. The molecule has 2 aromatic rings. The molecule has 1 aromatic heterocycles. The minimum atomic E-state index is -0.337. The van der Waals surface area contributed by atoms with E-state index in [1.807, 2.05) is 49.4 Å². The zero-order chi connectivity index (χ0) is 14.5. The summed E-state index contributed by atoms with van der Waals surface area (Å²) in [4.78, 5) is 15.5. The fraction of sp³-hybridized carbons (Fsp3) is 0.125. The minimum absolute atomic E-state index is 0.337. The van der Waals surface area contributed by atoms with Crippen LogP contribution in [-0.4, -0.2) is 11.0 Å². The van der Waals surface area contributed by atoms with Crippen LogP contribution in [-0.2, 0) is 4.79 Å². The number of nitrogens with zero attached hydrogens (tertiary/aromatic N) is 1. The molecule has 0 atom stereocenters. The second-order valence-electron chi connectivity index (χ2n) is 4.31. The van der Waals surface area contributed by atoms with Gasteiger partial charge in [-0.3, -0.25) is 9.78 Å². The lowest BCUT2D eigenvalue weighted by Crippen LogP contribution is -2.02. The average molecular weight is 332 g/mol. The Hall–Kier alpha value is -1.94. The van der Waals surface area contributed by atoms with Gasteiger partial charge in [0.2, 0.25) is 0 Å². The van der Waals surface area contributed by atoms with E-state index in [4.69, 9.17) is 4.74 Å². The maximum atomic E-state index is 11.1. The summed E-state index contributed by atoms with van der Waals surface area (Å²) in [5, 5.41) is 0. The summed E-state index contributed by atoms with van der Waals surface area (Å²) in [5.74, 6) is 0.195. The molecule has 2 rings (SSSR count). The zero-order valence-corrected chi connectivity index (χ0v) is 12.8. The Morgan fingerprint density at radius 1 is 1.25 bits per heavy atom. The molecule has 0 radical (unpaired) electrons. The number of carbonyl (C=O) groups excluding carboxylic acids is 1. The number of esters is 1. The van der Waals surface area contributed by atoms with Gasteiger partial charge in [0.15, 0.2) is 0 Å². The second-order valence-corrected chi connectivity index (χ2v) is 5.23. The summed E-state index contributed by atoms with van der Waals surface area (Å²) < 4.78 is 6.10. The number of halogens is 1. The maximum absolute atomic E-state index is 11.1. The molecule has 0 fully saturated rings. The molecule has 0 unspecified atom stereocenters. The molecule has 3 nitrogen and oxygen atoms in total. The van der Waals surface area contributed by atoms with Crippen molar-refractivity contribution >= 4 is 34.1 Å². The van der Waals surface area contributed by atoms with E-state index in [-0.39, 0.29) is 5.97 Å². The highest BCUT2D eigenvalue weighted by molar-refractivity contribution is 9.10. The summed E-state index contributed by atoms with van der Waals surface area (Å²) in [5.41, 5.74) is 2.64. The van der Waals surface area contributed by atoms with Gasteiger partial charge in [-0.15, -0.1) is 0 Å². The van der Waals surface area contributed by atoms with Crippen molar-refractivity contribution in [2.75, 3.05) is 0 Å². The highest BCUT2D eigenvalue weighted by atomic mass is 79.9. The molecule has 20 heavy (non-hydrogen) atoms. The SMILES string of the molecule is CC(=O)Oc1ccc(Br)cc1/C=C/c1cccc(C)n1. The molecular formula is C16H14BrNO2. The molecule has 0 amide bonds. The zero-order valence-electron chi connectivity index (χ0n) is 11.3. The molecule has 0 aliphatic carbocycles. The molecule has 1 aromatic carbocycles. The molecule has 0 aliphatic rings. The molecule has 0 saturated heterocycles. The Morgan fingerprint density at radius 2 is 2.05 bits per heavy atom. The van der Waals surface area contributed by atoms with Gasteiger partial charge in [-0.2, -0.15) is 0 Å². The van der Waals surface area contributed by atoms with E-state index in [0.717, 1.165) is 21.4 Å². The third-order valence-corrected chi connectivity index (χ3v) is 3.06. The van der Waals surface area contributed by atoms with Crippen molar-refractivity contribution in [3.05, 3.63) is 57.8 Å².